The molecule has 13 heteroatoms. The van der Waals surface area contributed by atoms with Crippen LogP contribution in [0.15, 0.2) is 34.9 Å². The quantitative estimate of drug-likeness (QED) is 0.212. The van der Waals surface area contributed by atoms with Gasteiger partial charge in [0.2, 0.25) is 11.7 Å². The van der Waals surface area contributed by atoms with Gasteiger partial charge in [0.15, 0.2) is 0 Å². The number of amides is 3. The van der Waals surface area contributed by atoms with Crippen molar-refractivity contribution in [3.63, 3.8) is 0 Å². The summed E-state index contributed by atoms with van der Waals surface area (Å²) in [5, 5.41) is 11.6. The molecule has 11 nitrogen and oxygen atoms in total. The molecule has 200 valence electrons. The van der Waals surface area contributed by atoms with E-state index in [0.717, 1.165) is 9.80 Å². The van der Waals surface area contributed by atoms with Gasteiger partial charge in [-0.15, -0.1) is 0 Å². The third kappa shape index (κ3) is 8.39. The summed E-state index contributed by atoms with van der Waals surface area (Å²) in [5.41, 5.74) is -1.71. The van der Waals surface area contributed by atoms with Gasteiger partial charge in [-0.3, -0.25) is 19.8 Å². The molecule has 0 saturated carbocycles. The first-order valence-corrected chi connectivity index (χ1v) is 12.2. The molecule has 0 aliphatic carbocycles. The maximum atomic E-state index is 12.9. The Kier molecular flexibility index (Phi) is 9.26. The van der Waals surface area contributed by atoms with Crippen LogP contribution in [0.3, 0.4) is 0 Å². The molecule has 0 aliphatic heterocycles. The number of ether oxygens (including phenoxy) is 2. The molecule has 1 aromatic heterocycles. The zero-order valence-electron chi connectivity index (χ0n) is 21.5. The van der Waals surface area contributed by atoms with E-state index in [4.69, 9.17) is 21.1 Å². The normalized spacial score (nSPS) is 11.5. The SMILES string of the molecule is CC(=O)N(Cc1ccc(N(C(=O)OC(C)(C)C)C(=O)OC(C)(C)C)cc1Cl)c1nc(Br)ccc1[N+](=O)[O-]. The number of aromatic nitrogens is 1. The third-order valence-corrected chi connectivity index (χ3v) is 5.22. The van der Waals surface area contributed by atoms with Crippen molar-refractivity contribution in [1.29, 1.82) is 0 Å². The highest BCUT2D eigenvalue weighted by atomic mass is 79.9. The fourth-order valence-electron chi connectivity index (χ4n) is 2.97. The molecule has 0 aliphatic rings. The second-order valence-corrected chi connectivity index (χ2v) is 11.1. The molecule has 0 saturated heterocycles. The summed E-state index contributed by atoms with van der Waals surface area (Å²) in [6, 6.07) is 6.87. The van der Waals surface area contributed by atoms with Crippen molar-refractivity contribution in [2.75, 3.05) is 9.80 Å². The van der Waals surface area contributed by atoms with Crippen molar-refractivity contribution < 1.29 is 28.8 Å². The van der Waals surface area contributed by atoms with Gasteiger partial charge in [0, 0.05) is 18.0 Å². The van der Waals surface area contributed by atoms with Crippen LogP contribution in [0.2, 0.25) is 5.02 Å². The van der Waals surface area contributed by atoms with E-state index < -0.39 is 34.2 Å². The predicted octanol–water partition coefficient (Wildman–Crippen LogP) is 6.64. The number of halogens is 2. The second-order valence-electron chi connectivity index (χ2n) is 9.91. The van der Waals surface area contributed by atoms with E-state index in [0.29, 0.717) is 10.2 Å². The fraction of sp³-hybridized carbons (Fsp3) is 0.417. The maximum Gasteiger partial charge on any atom is 0.424 e. The van der Waals surface area contributed by atoms with Gasteiger partial charge in [0.05, 0.1) is 17.2 Å². The van der Waals surface area contributed by atoms with Crippen LogP contribution >= 0.6 is 27.5 Å². The Morgan fingerprint density at radius 1 is 1.03 bits per heavy atom. The number of pyridine rings is 1. The number of nitrogens with zero attached hydrogens (tertiary/aromatic N) is 4. The van der Waals surface area contributed by atoms with E-state index in [2.05, 4.69) is 20.9 Å². The molecule has 0 unspecified atom stereocenters. The van der Waals surface area contributed by atoms with Crippen LogP contribution in [0.25, 0.3) is 0 Å². The number of imide groups is 1. The molecule has 0 fully saturated rings. The molecular weight excluding hydrogens is 572 g/mol. The lowest BCUT2D eigenvalue weighted by Gasteiger charge is -2.29. The summed E-state index contributed by atoms with van der Waals surface area (Å²) in [5.74, 6) is -0.686. The van der Waals surface area contributed by atoms with Gasteiger partial charge < -0.3 is 9.47 Å². The van der Waals surface area contributed by atoms with Gasteiger partial charge in [-0.05, 0) is 81.2 Å². The van der Waals surface area contributed by atoms with Crippen LogP contribution in [0.1, 0.15) is 54.0 Å². The number of anilines is 2. The van der Waals surface area contributed by atoms with Gasteiger partial charge in [-0.2, -0.15) is 4.90 Å². The monoisotopic (exact) mass is 598 g/mol. The van der Waals surface area contributed by atoms with E-state index in [9.17, 15) is 24.5 Å². The molecular formula is C24H28BrClN4O7. The first kappa shape index (κ1) is 30.0. The molecule has 0 bridgehead atoms. The molecule has 0 radical (unpaired) electrons. The van der Waals surface area contributed by atoms with Crippen LogP contribution in [0.4, 0.5) is 26.8 Å². The zero-order chi connectivity index (χ0) is 28.3. The van der Waals surface area contributed by atoms with Crippen molar-refractivity contribution >= 4 is 62.8 Å². The number of hydrogen-bond donors (Lipinski definition) is 0. The minimum Gasteiger partial charge on any atom is -0.443 e. The van der Waals surface area contributed by atoms with Crippen LogP contribution in [0, 0.1) is 10.1 Å². The Morgan fingerprint density at radius 2 is 1.57 bits per heavy atom. The molecule has 0 N–H and O–H groups in total. The smallest absolute Gasteiger partial charge is 0.424 e. The van der Waals surface area contributed by atoms with Gasteiger partial charge in [0.25, 0.3) is 0 Å². The standard InChI is InChI=1S/C24H28BrClN4O7/c1-14(31)28(20-18(30(34)35)10-11-19(25)27-20)13-15-8-9-16(12-17(15)26)29(21(32)36-23(2,3)4)22(33)37-24(5,6)7/h8-12H,13H2,1-7H3. The van der Waals surface area contributed by atoms with E-state index in [1.54, 1.807) is 41.5 Å². The Hall–Kier alpha value is -3.25. The Bertz CT molecular complexity index is 1200. The fourth-order valence-corrected chi connectivity index (χ4v) is 3.50. The van der Waals surface area contributed by atoms with Gasteiger partial charge in [-0.25, -0.2) is 14.6 Å². The van der Waals surface area contributed by atoms with Gasteiger partial charge >= 0.3 is 17.9 Å². The van der Waals surface area contributed by atoms with Crippen molar-refractivity contribution in [3.05, 3.63) is 55.6 Å². The number of carbonyl (C=O) groups excluding carboxylic acids is 3. The zero-order valence-corrected chi connectivity index (χ0v) is 23.8. The molecule has 0 spiro atoms. The summed E-state index contributed by atoms with van der Waals surface area (Å²) in [4.78, 5) is 55.0. The highest BCUT2D eigenvalue weighted by Crippen LogP contribution is 2.32. The average Bonchev–Trinajstić information content (AvgIpc) is 2.70. The number of rotatable bonds is 5. The molecule has 3 amide bonds. The van der Waals surface area contributed by atoms with Crippen LogP contribution in [-0.2, 0) is 20.8 Å². The summed E-state index contributed by atoms with van der Waals surface area (Å²) < 4.78 is 11.0. The lowest BCUT2D eigenvalue weighted by Crippen LogP contribution is -2.43. The van der Waals surface area contributed by atoms with E-state index in [-0.39, 0.29) is 28.8 Å². The average molecular weight is 600 g/mol. The Morgan fingerprint density at radius 3 is 2.00 bits per heavy atom. The Labute approximate surface area is 228 Å². The highest BCUT2D eigenvalue weighted by molar-refractivity contribution is 9.10. The molecule has 1 heterocycles. The molecule has 0 atom stereocenters. The molecule has 2 aromatic rings. The lowest BCUT2D eigenvalue weighted by molar-refractivity contribution is -0.384. The first-order valence-electron chi connectivity index (χ1n) is 11.0. The summed E-state index contributed by atoms with van der Waals surface area (Å²) in [6.45, 7) is 11.0. The molecule has 37 heavy (non-hydrogen) atoms. The largest absolute Gasteiger partial charge is 0.443 e. The van der Waals surface area contributed by atoms with Crippen LogP contribution < -0.4 is 9.80 Å². The molecule has 2 rings (SSSR count). The Balaban J connectivity index is 2.50. The van der Waals surface area contributed by atoms with Crippen molar-refractivity contribution in [2.24, 2.45) is 0 Å². The maximum absolute atomic E-state index is 12.9. The summed E-state index contributed by atoms with van der Waals surface area (Å²) >= 11 is 9.65. The number of benzene rings is 1. The van der Waals surface area contributed by atoms with Crippen molar-refractivity contribution in [1.82, 2.24) is 4.98 Å². The van der Waals surface area contributed by atoms with Crippen LogP contribution in [0.5, 0.6) is 0 Å². The minimum absolute atomic E-state index is 0.0678. The number of hydrogen-bond acceptors (Lipinski definition) is 8. The van der Waals surface area contributed by atoms with Crippen molar-refractivity contribution in [2.45, 2.75) is 66.2 Å². The van der Waals surface area contributed by atoms with Crippen molar-refractivity contribution in [3.8, 4) is 0 Å². The second kappa shape index (κ2) is 11.4. The minimum atomic E-state index is -0.968. The first-order chi connectivity index (χ1) is 16.9. The van der Waals surface area contributed by atoms with Crippen LogP contribution in [-0.4, -0.2) is 39.2 Å². The topological polar surface area (TPSA) is 132 Å². The van der Waals surface area contributed by atoms with Gasteiger partial charge in [0.1, 0.15) is 15.8 Å². The summed E-state index contributed by atoms with van der Waals surface area (Å²) in [7, 11) is 0. The summed E-state index contributed by atoms with van der Waals surface area (Å²) in [6.07, 6.45) is -1.94. The van der Waals surface area contributed by atoms with E-state index >= 15 is 0 Å². The molecule has 1 aromatic carbocycles. The lowest BCUT2D eigenvalue weighted by atomic mass is 10.1. The number of nitro groups is 1. The highest BCUT2D eigenvalue weighted by Gasteiger charge is 2.33. The number of carbonyl (C=O) groups is 3. The van der Waals surface area contributed by atoms with E-state index in [1.165, 1.54) is 37.3 Å². The van der Waals surface area contributed by atoms with Gasteiger partial charge in [-0.1, -0.05) is 17.7 Å². The third-order valence-electron chi connectivity index (χ3n) is 4.43. The van der Waals surface area contributed by atoms with E-state index in [1.807, 2.05) is 0 Å². The predicted molar refractivity (Wildman–Crippen MR) is 142 cm³/mol.